The lowest BCUT2D eigenvalue weighted by Crippen LogP contribution is -2.35. The van der Waals surface area contributed by atoms with Crippen molar-refractivity contribution in [3.05, 3.63) is 24.3 Å². The van der Waals surface area contributed by atoms with Crippen molar-refractivity contribution in [2.24, 2.45) is 5.41 Å². The zero-order chi connectivity index (χ0) is 14.3. The van der Waals surface area contributed by atoms with Crippen LogP contribution in [0.15, 0.2) is 24.3 Å². The number of rotatable bonds is 6. The van der Waals surface area contributed by atoms with Gasteiger partial charge in [0.15, 0.2) is 6.61 Å². The Labute approximate surface area is 120 Å². The zero-order valence-electron chi connectivity index (χ0n) is 11.8. The van der Waals surface area contributed by atoms with Gasteiger partial charge in [-0.3, -0.25) is 0 Å². The molecule has 1 saturated carbocycles. The molecule has 2 rings (SSSR count). The van der Waals surface area contributed by atoms with E-state index in [9.17, 15) is 5.11 Å². The lowest BCUT2D eigenvalue weighted by molar-refractivity contribution is 0.0944. The maximum atomic E-state index is 9.69. The highest BCUT2D eigenvalue weighted by Gasteiger charge is 2.31. The van der Waals surface area contributed by atoms with E-state index in [-0.39, 0.29) is 18.6 Å². The Balaban J connectivity index is 1.94. The molecule has 1 aliphatic carbocycles. The van der Waals surface area contributed by atoms with Crippen LogP contribution in [0.5, 0.6) is 5.75 Å². The summed E-state index contributed by atoms with van der Waals surface area (Å²) in [5.74, 6) is 0.693. The second-order valence-corrected chi connectivity index (χ2v) is 5.55. The van der Waals surface area contributed by atoms with Crippen LogP contribution < -0.4 is 10.1 Å². The monoisotopic (exact) mass is 274 g/mol. The maximum absolute atomic E-state index is 9.69. The van der Waals surface area contributed by atoms with Gasteiger partial charge in [-0.25, -0.2) is 0 Å². The van der Waals surface area contributed by atoms with Crippen molar-refractivity contribution in [1.29, 1.82) is 5.26 Å². The minimum atomic E-state index is 0.0156. The molecule has 1 aliphatic rings. The molecule has 0 radical (unpaired) electrons. The largest absolute Gasteiger partial charge is 0.479 e. The Kier molecular flexibility index (Phi) is 5.25. The summed E-state index contributed by atoms with van der Waals surface area (Å²) < 4.78 is 5.29. The van der Waals surface area contributed by atoms with Gasteiger partial charge in [-0.05, 0) is 25.0 Å². The standard InChI is InChI=1S/C16H22N2O2/c17-9-10-20-15-6-4-5-14(11-15)18-12-16(13-19)7-2-1-3-8-16/h4-6,11,18-19H,1-3,7-8,10,12-13H2. The van der Waals surface area contributed by atoms with Gasteiger partial charge < -0.3 is 15.2 Å². The van der Waals surface area contributed by atoms with E-state index in [0.29, 0.717) is 5.75 Å². The normalized spacial score (nSPS) is 17.2. The average molecular weight is 274 g/mol. The number of hydrogen-bond acceptors (Lipinski definition) is 4. The van der Waals surface area contributed by atoms with Crippen molar-refractivity contribution in [3.63, 3.8) is 0 Å². The SMILES string of the molecule is N#CCOc1cccc(NCC2(CO)CCCCC2)c1. The van der Waals surface area contributed by atoms with Crippen molar-refractivity contribution < 1.29 is 9.84 Å². The van der Waals surface area contributed by atoms with Gasteiger partial charge in [-0.2, -0.15) is 5.26 Å². The van der Waals surface area contributed by atoms with Gasteiger partial charge in [-0.1, -0.05) is 25.3 Å². The molecule has 0 heterocycles. The van der Waals surface area contributed by atoms with E-state index in [1.807, 2.05) is 30.3 Å². The number of nitrogens with zero attached hydrogens (tertiary/aromatic N) is 1. The third kappa shape index (κ3) is 3.88. The summed E-state index contributed by atoms with van der Waals surface area (Å²) in [7, 11) is 0. The van der Waals surface area contributed by atoms with E-state index in [1.165, 1.54) is 19.3 Å². The zero-order valence-corrected chi connectivity index (χ0v) is 11.8. The Morgan fingerprint density at radius 3 is 2.80 bits per heavy atom. The van der Waals surface area contributed by atoms with E-state index >= 15 is 0 Å². The number of aliphatic hydroxyl groups is 1. The van der Waals surface area contributed by atoms with E-state index in [0.717, 1.165) is 25.1 Å². The fraction of sp³-hybridized carbons (Fsp3) is 0.562. The van der Waals surface area contributed by atoms with Crippen LogP contribution in [0.1, 0.15) is 32.1 Å². The molecule has 1 fully saturated rings. The third-order valence-electron chi connectivity index (χ3n) is 4.05. The molecule has 0 amide bonds. The summed E-state index contributed by atoms with van der Waals surface area (Å²) in [6.45, 7) is 1.08. The molecule has 20 heavy (non-hydrogen) atoms. The first-order valence-electron chi connectivity index (χ1n) is 7.23. The predicted octanol–water partition coefficient (Wildman–Crippen LogP) is 2.94. The number of hydrogen-bond donors (Lipinski definition) is 2. The summed E-state index contributed by atoms with van der Waals surface area (Å²) in [6.07, 6.45) is 5.85. The molecule has 1 aromatic rings. The molecule has 2 N–H and O–H groups in total. The van der Waals surface area contributed by atoms with Gasteiger partial charge in [0.25, 0.3) is 0 Å². The average Bonchev–Trinajstić information content (AvgIpc) is 2.52. The third-order valence-corrected chi connectivity index (χ3v) is 4.05. The topological polar surface area (TPSA) is 65.3 Å². The molecule has 0 saturated heterocycles. The molecular weight excluding hydrogens is 252 g/mol. The fourth-order valence-electron chi connectivity index (χ4n) is 2.79. The molecule has 1 aromatic carbocycles. The highest BCUT2D eigenvalue weighted by molar-refractivity contribution is 5.48. The summed E-state index contributed by atoms with van der Waals surface area (Å²) in [4.78, 5) is 0. The van der Waals surface area contributed by atoms with Crippen LogP contribution in [0.4, 0.5) is 5.69 Å². The molecule has 0 aliphatic heterocycles. The Hall–Kier alpha value is -1.73. The highest BCUT2D eigenvalue weighted by Crippen LogP contribution is 2.36. The van der Waals surface area contributed by atoms with Crippen molar-refractivity contribution in [2.45, 2.75) is 32.1 Å². The second-order valence-electron chi connectivity index (χ2n) is 5.55. The second kappa shape index (κ2) is 7.16. The van der Waals surface area contributed by atoms with E-state index < -0.39 is 0 Å². The van der Waals surface area contributed by atoms with Crippen LogP contribution in [0.3, 0.4) is 0 Å². The minimum absolute atomic E-state index is 0.0156. The van der Waals surface area contributed by atoms with E-state index in [4.69, 9.17) is 10.00 Å². The first-order chi connectivity index (χ1) is 9.78. The van der Waals surface area contributed by atoms with Crippen molar-refractivity contribution in [2.75, 3.05) is 25.1 Å². The number of nitrogens with one attached hydrogen (secondary N) is 1. The smallest absolute Gasteiger partial charge is 0.174 e. The van der Waals surface area contributed by atoms with Crippen LogP contribution in [0.25, 0.3) is 0 Å². The van der Waals surface area contributed by atoms with Crippen LogP contribution in [-0.4, -0.2) is 24.9 Å². The molecule has 0 atom stereocenters. The molecule has 0 bridgehead atoms. The molecule has 4 heteroatoms. The molecule has 0 aromatic heterocycles. The first-order valence-corrected chi connectivity index (χ1v) is 7.23. The summed E-state index contributed by atoms with van der Waals surface area (Å²) in [5.41, 5.74) is 0.987. The van der Waals surface area contributed by atoms with Gasteiger partial charge in [0, 0.05) is 23.7 Å². The summed E-state index contributed by atoms with van der Waals surface area (Å²) in [6, 6.07) is 9.57. The first kappa shape index (κ1) is 14.7. The Morgan fingerprint density at radius 2 is 2.10 bits per heavy atom. The highest BCUT2D eigenvalue weighted by atomic mass is 16.5. The quantitative estimate of drug-likeness (QED) is 0.837. The van der Waals surface area contributed by atoms with Crippen molar-refractivity contribution in [3.8, 4) is 11.8 Å². The van der Waals surface area contributed by atoms with Gasteiger partial charge >= 0.3 is 0 Å². The molecular formula is C16H22N2O2. The Morgan fingerprint density at radius 1 is 1.30 bits per heavy atom. The van der Waals surface area contributed by atoms with Gasteiger partial charge in [0.05, 0.1) is 6.61 Å². The van der Waals surface area contributed by atoms with E-state index in [1.54, 1.807) is 0 Å². The van der Waals surface area contributed by atoms with Crippen LogP contribution in [0.2, 0.25) is 0 Å². The molecule has 4 nitrogen and oxygen atoms in total. The lowest BCUT2D eigenvalue weighted by Gasteiger charge is -2.36. The number of anilines is 1. The van der Waals surface area contributed by atoms with Gasteiger partial charge in [0.1, 0.15) is 11.8 Å². The predicted molar refractivity (Wildman–Crippen MR) is 78.6 cm³/mol. The van der Waals surface area contributed by atoms with Crippen LogP contribution in [0, 0.1) is 16.7 Å². The lowest BCUT2D eigenvalue weighted by atomic mass is 9.74. The van der Waals surface area contributed by atoms with Crippen molar-refractivity contribution >= 4 is 5.69 Å². The number of aliphatic hydroxyl groups excluding tert-OH is 1. The molecule has 108 valence electrons. The maximum Gasteiger partial charge on any atom is 0.174 e. The van der Waals surface area contributed by atoms with Gasteiger partial charge in [0.2, 0.25) is 0 Å². The van der Waals surface area contributed by atoms with Crippen LogP contribution >= 0.6 is 0 Å². The van der Waals surface area contributed by atoms with Crippen LogP contribution in [-0.2, 0) is 0 Å². The number of benzene rings is 1. The number of ether oxygens (including phenoxy) is 1. The molecule has 0 spiro atoms. The fourth-order valence-corrected chi connectivity index (χ4v) is 2.79. The Bertz CT molecular complexity index is 462. The number of nitriles is 1. The molecule has 0 unspecified atom stereocenters. The minimum Gasteiger partial charge on any atom is -0.479 e. The van der Waals surface area contributed by atoms with Crippen molar-refractivity contribution in [1.82, 2.24) is 0 Å². The van der Waals surface area contributed by atoms with E-state index in [2.05, 4.69) is 5.32 Å². The summed E-state index contributed by atoms with van der Waals surface area (Å²) >= 11 is 0. The van der Waals surface area contributed by atoms with Gasteiger partial charge in [-0.15, -0.1) is 0 Å². The summed E-state index contributed by atoms with van der Waals surface area (Å²) in [5, 5.41) is 21.6.